The Morgan fingerprint density at radius 2 is 2.00 bits per heavy atom. The molecule has 2 nitrogen and oxygen atoms in total. The second kappa shape index (κ2) is 5.55. The number of nitrogens with zero attached hydrogens (tertiary/aromatic N) is 1. The van der Waals surface area contributed by atoms with E-state index >= 15 is 0 Å². The normalized spacial score (nSPS) is 30.0. The maximum absolute atomic E-state index is 5.40. The summed E-state index contributed by atoms with van der Waals surface area (Å²) in [5.74, 6) is 0. The Bertz CT molecular complexity index is 90.4. The Hall–Kier alpha value is -0.0800. The highest BCUT2D eigenvalue weighted by Crippen LogP contribution is 2.18. The van der Waals surface area contributed by atoms with Gasteiger partial charge in [-0.1, -0.05) is 20.3 Å². The van der Waals surface area contributed by atoms with Gasteiger partial charge in [-0.05, 0) is 19.4 Å². The van der Waals surface area contributed by atoms with Crippen molar-refractivity contribution in [3.63, 3.8) is 0 Å². The van der Waals surface area contributed by atoms with Crippen LogP contribution >= 0.6 is 0 Å². The summed E-state index contributed by atoms with van der Waals surface area (Å²) >= 11 is 0. The molecule has 0 bridgehead atoms. The fourth-order valence-electron chi connectivity index (χ4n) is 1.94. The van der Waals surface area contributed by atoms with Gasteiger partial charge in [-0.25, -0.2) is 0 Å². The van der Waals surface area contributed by atoms with E-state index in [1.165, 1.54) is 32.4 Å². The first-order valence-corrected chi connectivity index (χ1v) is 5.28. The second-order valence-electron chi connectivity index (χ2n) is 3.26. The molecule has 0 saturated carbocycles. The van der Waals surface area contributed by atoms with Gasteiger partial charge in [0.05, 0.1) is 13.2 Å². The third-order valence-corrected chi connectivity index (χ3v) is 2.58. The van der Waals surface area contributed by atoms with Crippen LogP contribution in [0.5, 0.6) is 0 Å². The first-order chi connectivity index (χ1) is 5.97. The summed E-state index contributed by atoms with van der Waals surface area (Å²) in [4.78, 5) is 2.58. The van der Waals surface area contributed by atoms with Crippen molar-refractivity contribution in [2.45, 2.75) is 39.2 Å². The molecule has 72 valence electrons. The number of morpholine rings is 1. The summed E-state index contributed by atoms with van der Waals surface area (Å²) in [6, 6.07) is 0.766. The lowest BCUT2D eigenvalue weighted by atomic mass is 10.0. The summed E-state index contributed by atoms with van der Waals surface area (Å²) in [5.41, 5.74) is 0. The van der Waals surface area contributed by atoms with E-state index in [9.17, 15) is 0 Å². The summed E-state index contributed by atoms with van der Waals surface area (Å²) in [7, 11) is 0. The van der Waals surface area contributed by atoms with Crippen molar-refractivity contribution in [1.29, 1.82) is 0 Å². The number of rotatable bonds is 0. The zero-order valence-electron chi connectivity index (χ0n) is 8.38. The Morgan fingerprint density at radius 1 is 1.17 bits per heavy atom. The van der Waals surface area contributed by atoms with Crippen molar-refractivity contribution in [1.82, 2.24) is 4.90 Å². The molecule has 2 rings (SSSR count). The lowest BCUT2D eigenvalue weighted by Gasteiger charge is -2.38. The maximum atomic E-state index is 5.40. The van der Waals surface area contributed by atoms with Gasteiger partial charge in [-0.15, -0.1) is 0 Å². The third-order valence-electron chi connectivity index (χ3n) is 2.58. The SMILES string of the molecule is C1CCN2CCOCC2C1.CC. The third kappa shape index (κ3) is 2.46. The molecule has 2 aliphatic rings. The van der Waals surface area contributed by atoms with E-state index in [-0.39, 0.29) is 0 Å². The fourth-order valence-corrected chi connectivity index (χ4v) is 1.94. The van der Waals surface area contributed by atoms with Crippen molar-refractivity contribution in [3.8, 4) is 0 Å². The van der Waals surface area contributed by atoms with E-state index in [0.717, 1.165) is 19.3 Å². The van der Waals surface area contributed by atoms with Gasteiger partial charge in [0.15, 0.2) is 0 Å². The van der Waals surface area contributed by atoms with Gasteiger partial charge in [0.2, 0.25) is 0 Å². The minimum atomic E-state index is 0.766. The van der Waals surface area contributed by atoms with Crippen molar-refractivity contribution < 1.29 is 4.74 Å². The monoisotopic (exact) mass is 171 g/mol. The molecule has 0 N–H and O–H groups in total. The molecule has 2 heterocycles. The fraction of sp³-hybridized carbons (Fsp3) is 1.00. The van der Waals surface area contributed by atoms with Crippen LogP contribution in [0.3, 0.4) is 0 Å². The van der Waals surface area contributed by atoms with E-state index in [0.29, 0.717) is 0 Å². The van der Waals surface area contributed by atoms with Gasteiger partial charge in [0.25, 0.3) is 0 Å². The molecule has 0 aromatic heterocycles. The molecule has 12 heavy (non-hydrogen) atoms. The molecule has 2 saturated heterocycles. The van der Waals surface area contributed by atoms with E-state index < -0.39 is 0 Å². The number of piperidine rings is 1. The van der Waals surface area contributed by atoms with Crippen molar-refractivity contribution in [3.05, 3.63) is 0 Å². The summed E-state index contributed by atoms with van der Waals surface area (Å²) in [6.45, 7) is 8.43. The lowest BCUT2D eigenvalue weighted by molar-refractivity contribution is -0.0231. The van der Waals surface area contributed by atoms with Gasteiger partial charge in [0.1, 0.15) is 0 Å². The van der Waals surface area contributed by atoms with Crippen LogP contribution < -0.4 is 0 Å². The molecule has 0 aromatic rings. The maximum Gasteiger partial charge on any atom is 0.0622 e. The van der Waals surface area contributed by atoms with Crippen LogP contribution in [0.1, 0.15) is 33.1 Å². The molecule has 2 heteroatoms. The van der Waals surface area contributed by atoms with Crippen LogP contribution in [0, 0.1) is 0 Å². The van der Waals surface area contributed by atoms with E-state index in [2.05, 4.69) is 4.90 Å². The number of ether oxygens (including phenoxy) is 1. The molecule has 1 unspecified atom stereocenters. The number of hydrogen-bond donors (Lipinski definition) is 0. The van der Waals surface area contributed by atoms with Crippen molar-refractivity contribution >= 4 is 0 Å². The summed E-state index contributed by atoms with van der Waals surface area (Å²) < 4.78 is 5.40. The van der Waals surface area contributed by atoms with Crippen LogP contribution in [-0.2, 0) is 4.74 Å². The lowest BCUT2D eigenvalue weighted by Crippen LogP contribution is -2.47. The smallest absolute Gasteiger partial charge is 0.0622 e. The van der Waals surface area contributed by atoms with E-state index in [4.69, 9.17) is 4.74 Å². The molecule has 1 atom stereocenters. The largest absolute Gasteiger partial charge is 0.378 e. The van der Waals surface area contributed by atoms with Gasteiger partial charge in [-0.3, -0.25) is 4.90 Å². The van der Waals surface area contributed by atoms with E-state index in [1.807, 2.05) is 13.8 Å². The Kier molecular flexibility index (Phi) is 4.62. The highest BCUT2D eigenvalue weighted by Gasteiger charge is 2.24. The van der Waals surface area contributed by atoms with Gasteiger partial charge >= 0.3 is 0 Å². The van der Waals surface area contributed by atoms with Crippen LogP contribution in [0.25, 0.3) is 0 Å². The minimum Gasteiger partial charge on any atom is -0.378 e. The number of hydrogen-bond acceptors (Lipinski definition) is 2. The predicted octanol–water partition coefficient (Wildman–Crippen LogP) is 1.90. The summed E-state index contributed by atoms with van der Waals surface area (Å²) in [5, 5.41) is 0. The Labute approximate surface area is 75.9 Å². The molecule has 0 amide bonds. The quantitative estimate of drug-likeness (QED) is 0.552. The molecule has 0 spiro atoms. The molecule has 2 fully saturated rings. The van der Waals surface area contributed by atoms with Crippen LogP contribution in [-0.4, -0.2) is 37.2 Å². The molecule has 2 aliphatic heterocycles. The van der Waals surface area contributed by atoms with Crippen LogP contribution in [0.4, 0.5) is 0 Å². The van der Waals surface area contributed by atoms with Crippen molar-refractivity contribution in [2.75, 3.05) is 26.3 Å². The Balaban J connectivity index is 0.000000336. The Morgan fingerprint density at radius 3 is 2.75 bits per heavy atom. The number of fused-ring (bicyclic) bond motifs is 1. The van der Waals surface area contributed by atoms with Crippen LogP contribution in [0.2, 0.25) is 0 Å². The molecule has 0 aliphatic carbocycles. The highest BCUT2D eigenvalue weighted by molar-refractivity contribution is 4.78. The van der Waals surface area contributed by atoms with Gasteiger partial charge in [0, 0.05) is 12.6 Å². The molecule has 0 radical (unpaired) electrons. The predicted molar refractivity (Wildman–Crippen MR) is 51.4 cm³/mol. The zero-order valence-corrected chi connectivity index (χ0v) is 8.38. The highest BCUT2D eigenvalue weighted by atomic mass is 16.5. The van der Waals surface area contributed by atoms with Crippen molar-refractivity contribution in [2.24, 2.45) is 0 Å². The minimum absolute atomic E-state index is 0.766. The molecular formula is C10H21NO. The topological polar surface area (TPSA) is 12.5 Å². The average molecular weight is 171 g/mol. The summed E-state index contributed by atoms with van der Waals surface area (Å²) in [6.07, 6.45) is 4.17. The van der Waals surface area contributed by atoms with E-state index in [1.54, 1.807) is 0 Å². The zero-order chi connectivity index (χ0) is 8.81. The first kappa shape index (κ1) is 10.0. The molecular weight excluding hydrogens is 150 g/mol. The van der Waals surface area contributed by atoms with Gasteiger partial charge in [-0.2, -0.15) is 0 Å². The van der Waals surface area contributed by atoms with Crippen LogP contribution in [0.15, 0.2) is 0 Å². The average Bonchev–Trinajstić information content (AvgIpc) is 2.21. The molecule has 0 aromatic carbocycles. The second-order valence-corrected chi connectivity index (χ2v) is 3.26. The first-order valence-electron chi connectivity index (χ1n) is 5.28. The standard InChI is InChI=1S/C8H15NO.C2H6/c1-2-4-9-5-6-10-7-8(9)3-1;1-2/h8H,1-7H2;1-2H3. The van der Waals surface area contributed by atoms with Gasteiger partial charge < -0.3 is 4.74 Å².